The normalized spacial score (nSPS) is 10.9. The minimum absolute atomic E-state index is 0.177. The first-order valence-electron chi connectivity index (χ1n) is 9.16. The molecule has 1 aromatic carbocycles. The number of benzene rings is 1. The molecule has 0 saturated heterocycles. The van der Waals surface area contributed by atoms with Gasteiger partial charge in [-0.05, 0) is 55.3 Å². The number of ether oxygens (including phenoxy) is 2. The lowest BCUT2D eigenvalue weighted by Gasteiger charge is -2.10. The Morgan fingerprint density at radius 1 is 1.17 bits per heavy atom. The Balaban J connectivity index is 1.59. The van der Waals surface area contributed by atoms with Crippen LogP contribution in [0.4, 0.5) is 9.80 Å². The van der Waals surface area contributed by atoms with Crippen LogP contribution in [-0.4, -0.2) is 22.8 Å². The molecule has 3 heterocycles. The number of fused-ring (bicyclic) bond motifs is 1. The summed E-state index contributed by atoms with van der Waals surface area (Å²) in [6.07, 6.45) is 3.40. The molecule has 0 unspecified atom stereocenters. The van der Waals surface area contributed by atoms with E-state index in [4.69, 9.17) is 9.47 Å². The van der Waals surface area contributed by atoms with Gasteiger partial charge in [0.1, 0.15) is 22.2 Å². The molecule has 148 valence electrons. The summed E-state index contributed by atoms with van der Waals surface area (Å²) in [5.41, 5.74) is 3.86. The highest BCUT2D eigenvalue weighted by Gasteiger charge is 2.19. The number of anilines is 1. The van der Waals surface area contributed by atoms with Crippen LogP contribution in [0, 0.1) is 13.8 Å². The molecule has 3 aromatic heterocycles. The summed E-state index contributed by atoms with van der Waals surface area (Å²) in [4.78, 5) is 18.0. The van der Waals surface area contributed by atoms with Crippen molar-refractivity contribution in [3.8, 4) is 11.4 Å². The van der Waals surface area contributed by atoms with Gasteiger partial charge >= 0.3 is 6.09 Å². The van der Waals surface area contributed by atoms with Gasteiger partial charge < -0.3 is 14.0 Å². The number of pyridine rings is 1. The van der Waals surface area contributed by atoms with E-state index < -0.39 is 6.09 Å². The van der Waals surface area contributed by atoms with E-state index in [2.05, 4.69) is 17.2 Å². The van der Waals surface area contributed by atoms with Crippen LogP contribution < -0.4 is 10.1 Å². The Kier molecular flexibility index (Phi) is 5.22. The second-order valence-electron chi connectivity index (χ2n) is 6.68. The van der Waals surface area contributed by atoms with Crippen LogP contribution in [0.5, 0.6) is 5.75 Å². The number of aromatic nitrogens is 2. The van der Waals surface area contributed by atoms with Crippen molar-refractivity contribution in [1.29, 1.82) is 0 Å². The number of methoxy groups -OCH3 is 1. The lowest BCUT2D eigenvalue weighted by Crippen LogP contribution is -2.14. The first-order chi connectivity index (χ1) is 14.0. The fourth-order valence-electron chi connectivity index (χ4n) is 3.24. The molecular formula is C22H21N3O3S. The van der Waals surface area contributed by atoms with Crippen LogP contribution in [0.15, 0.2) is 54.9 Å². The number of carbonyl (C=O) groups excluding carboxylic acids is 1. The van der Waals surface area contributed by atoms with Crippen molar-refractivity contribution in [3.63, 3.8) is 0 Å². The zero-order valence-electron chi connectivity index (χ0n) is 16.4. The highest BCUT2D eigenvalue weighted by molar-refractivity contribution is 7.23. The SMILES string of the molecule is COc1ccc(COC(=O)Nc2sc3nc(C)cc(C)c3c2-n2cccc2)cc1. The van der Waals surface area contributed by atoms with E-state index in [1.807, 2.05) is 66.3 Å². The smallest absolute Gasteiger partial charge is 0.412 e. The van der Waals surface area contributed by atoms with Gasteiger partial charge in [-0.15, -0.1) is 0 Å². The molecule has 1 amide bonds. The lowest BCUT2D eigenvalue weighted by molar-refractivity contribution is 0.155. The second-order valence-corrected chi connectivity index (χ2v) is 7.68. The van der Waals surface area contributed by atoms with E-state index >= 15 is 0 Å². The zero-order valence-corrected chi connectivity index (χ0v) is 17.2. The van der Waals surface area contributed by atoms with Gasteiger partial charge in [0.2, 0.25) is 0 Å². The van der Waals surface area contributed by atoms with E-state index in [0.29, 0.717) is 5.00 Å². The minimum Gasteiger partial charge on any atom is -0.497 e. The molecule has 0 fully saturated rings. The van der Waals surface area contributed by atoms with Gasteiger partial charge in [0.15, 0.2) is 0 Å². The Morgan fingerprint density at radius 3 is 2.59 bits per heavy atom. The van der Waals surface area contributed by atoms with Crippen LogP contribution in [-0.2, 0) is 11.3 Å². The Bertz CT molecular complexity index is 1150. The molecular weight excluding hydrogens is 386 g/mol. The molecule has 0 atom stereocenters. The Hall–Kier alpha value is -3.32. The Morgan fingerprint density at radius 2 is 1.90 bits per heavy atom. The van der Waals surface area contributed by atoms with Gasteiger partial charge in [-0.1, -0.05) is 23.5 Å². The monoisotopic (exact) mass is 407 g/mol. The van der Waals surface area contributed by atoms with Crippen molar-refractivity contribution in [2.45, 2.75) is 20.5 Å². The molecule has 4 rings (SSSR count). The van der Waals surface area contributed by atoms with Crippen molar-refractivity contribution < 1.29 is 14.3 Å². The number of hydrogen-bond donors (Lipinski definition) is 1. The van der Waals surface area contributed by atoms with Gasteiger partial charge in [0, 0.05) is 23.5 Å². The van der Waals surface area contributed by atoms with Gasteiger partial charge in [0.05, 0.1) is 12.8 Å². The summed E-state index contributed by atoms with van der Waals surface area (Å²) >= 11 is 1.44. The first kappa shape index (κ1) is 19.0. The summed E-state index contributed by atoms with van der Waals surface area (Å²) in [6, 6.07) is 13.4. The molecule has 0 bridgehead atoms. The van der Waals surface area contributed by atoms with E-state index in [9.17, 15) is 4.79 Å². The van der Waals surface area contributed by atoms with Crippen molar-refractivity contribution in [3.05, 3.63) is 71.7 Å². The molecule has 0 saturated carbocycles. The number of amides is 1. The molecule has 7 heteroatoms. The summed E-state index contributed by atoms with van der Waals surface area (Å²) in [5.74, 6) is 0.762. The average Bonchev–Trinajstić information content (AvgIpc) is 3.34. The standard InChI is InChI=1S/C22H21N3O3S/c1-14-12-15(2)23-20-18(14)19(25-10-4-5-11-25)21(29-20)24-22(26)28-13-16-6-8-17(27-3)9-7-16/h4-12H,13H2,1-3H3,(H,24,26). The molecule has 4 aromatic rings. The quantitative estimate of drug-likeness (QED) is 0.477. The summed E-state index contributed by atoms with van der Waals surface area (Å²) in [5, 5.41) is 4.64. The highest BCUT2D eigenvalue weighted by Crippen LogP contribution is 2.39. The van der Waals surface area contributed by atoms with E-state index in [1.54, 1.807) is 7.11 Å². The van der Waals surface area contributed by atoms with E-state index in [1.165, 1.54) is 11.3 Å². The molecule has 0 aliphatic rings. The molecule has 1 N–H and O–H groups in total. The molecule has 0 radical (unpaired) electrons. The molecule has 0 aliphatic carbocycles. The number of aryl methyl sites for hydroxylation is 2. The summed E-state index contributed by atoms with van der Waals surface area (Å²) in [7, 11) is 1.62. The van der Waals surface area contributed by atoms with Gasteiger partial charge in [-0.2, -0.15) is 0 Å². The van der Waals surface area contributed by atoms with Crippen molar-refractivity contribution in [2.75, 3.05) is 12.4 Å². The third kappa shape index (κ3) is 3.95. The molecule has 0 aliphatic heterocycles. The fraction of sp³-hybridized carbons (Fsp3) is 0.182. The van der Waals surface area contributed by atoms with Crippen molar-refractivity contribution in [1.82, 2.24) is 9.55 Å². The topological polar surface area (TPSA) is 65.4 Å². The maximum Gasteiger partial charge on any atom is 0.412 e. The first-order valence-corrected chi connectivity index (χ1v) is 9.97. The fourth-order valence-corrected chi connectivity index (χ4v) is 4.42. The van der Waals surface area contributed by atoms with Gasteiger partial charge in [-0.25, -0.2) is 9.78 Å². The predicted octanol–water partition coefficient (Wildman–Crippen LogP) is 5.46. The summed E-state index contributed by atoms with van der Waals surface area (Å²) in [6.45, 7) is 4.20. The second kappa shape index (κ2) is 7.97. The van der Waals surface area contributed by atoms with Gasteiger partial charge in [-0.3, -0.25) is 5.32 Å². The summed E-state index contributed by atoms with van der Waals surface area (Å²) < 4.78 is 12.5. The largest absolute Gasteiger partial charge is 0.497 e. The third-order valence-electron chi connectivity index (χ3n) is 4.57. The number of carbonyl (C=O) groups is 1. The van der Waals surface area contributed by atoms with Crippen LogP contribution in [0.3, 0.4) is 0 Å². The maximum absolute atomic E-state index is 12.5. The van der Waals surface area contributed by atoms with Crippen LogP contribution in [0.1, 0.15) is 16.8 Å². The number of nitrogens with one attached hydrogen (secondary N) is 1. The number of rotatable bonds is 5. The number of nitrogens with zero attached hydrogens (tertiary/aromatic N) is 2. The minimum atomic E-state index is -0.504. The highest BCUT2D eigenvalue weighted by atomic mass is 32.1. The third-order valence-corrected chi connectivity index (χ3v) is 5.56. The predicted molar refractivity (Wildman–Crippen MR) is 115 cm³/mol. The molecule has 6 nitrogen and oxygen atoms in total. The molecule has 29 heavy (non-hydrogen) atoms. The lowest BCUT2D eigenvalue weighted by atomic mass is 10.1. The van der Waals surface area contributed by atoms with Crippen molar-refractivity contribution in [2.24, 2.45) is 0 Å². The van der Waals surface area contributed by atoms with Crippen LogP contribution in [0.2, 0.25) is 0 Å². The maximum atomic E-state index is 12.5. The van der Waals surface area contributed by atoms with Crippen molar-refractivity contribution >= 4 is 32.6 Å². The van der Waals surface area contributed by atoms with E-state index in [0.717, 1.165) is 38.5 Å². The molecule has 0 spiro atoms. The van der Waals surface area contributed by atoms with Crippen LogP contribution in [0.25, 0.3) is 15.9 Å². The average molecular weight is 407 g/mol. The zero-order chi connectivity index (χ0) is 20.4. The Labute approximate surface area is 172 Å². The number of hydrogen-bond acceptors (Lipinski definition) is 5. The van der Waals surface area contributed by atoms with Gasteiger partial charge in [0.25, 0.3) is 0 Å². The number of thiophene rings is 1. The van der Waals surface area contributed by atoms with Crippen LogP contribution >= 0.6 is 11.3 Å². The van der Waals surface area contributed by atoms with E-state index in [-0.39, 0.29) is 6.61 Å².